The summed E-state index contributed by atoms with van der Waals surface area (Å²) in [7, 11) is 2.13. The van der Waals surface area contributed by atoms with Crippen molar-refractivity contribution >= 4 is 17.5 Å². The summed E-state index contributed by atoms with van der Waals surface area (Å²) in [5, 5.41) is 14.6. The van der Waals surface area contributed by atoms with Crippen LogP contribution in [0.4, 0.5) is 16.3 Å². The molecule has 2 heterocycles. The predicted octanol–water partition coefficient (Wildman–Crippen LogP) is 3.22. The van der Waals surface area contributed by atoms with E-state index in [9.17, 15) is 4.79 Å². The number of rotatable bonds is 5. The molecule has 30 heavy (non-hydrogen) atoms. The van der Waals surface area contributed by atoms with E-state index in [1.54, 1.807) is 0 Å². The van der Waals surface area contributed by atoms with E-state index in [1.165, 1.54) is 0 Å². The van der Waals surface area contributed by atoms with E-state index in [0.717, 1.165) is 48.8 Å². The standard InChI is InChI=1S/C23H26N6O/c1-28-12-14-29(15-13-28)22-11-10-21(26-27-22)19-8-5-9-20(16-19)25-23(30)24-17-18-6-3-2-4-7-18/h2-11,16H,12-15,17H2,1H3,(H2,24,25,30). The molecule has 0 atom stereocenters. The molecule has 0 bridgehead atoms. The van der Waals surface area contributed by atoms with Crippen LogP contribution in [0.3, 0.4) is 0 Å². The summed E-state index contributed by atoms with van der Waals surface area (Å²) in [4.78, 5) is 16.8. The average molecular weight is 403 g/mol. The Kier molecular flexibility index (Phi) is 6.20. The number of likely N-dealkylation sites (N-methyl/N-ethyl adjacent to an activating group) is 1. The quantitative estimate of drug-likeness (QED) is 0.686. The highest BCUT2D eigenvalue weighted by Crippen LogP contribution is 2.22. The Morgan fingerprint density at radius 1 is 0.933 bits per heavy atom. The first kappa shape index (κ1) is 19.8. The first-order chi connectivity index (χ1) is 14.7. The molecular formula is C23H26N6O. The molecule has 2 amide bonds. The number of aromatic nitrogens is 2. The summed E-state index contributed by atoms with van der Waals surface area (Å²) >= 11 is 0. The molecule has 154 valence electrons. The largest absolute Gasteiger partial charge is 0.353 e. The third-order valence-electron chi connectivity index (χ3n) is 5.19. The van der Waals surface area contributed by atoms with Gasteiger partial charge in [0.15, 0.2) is 5.82 Å². The van der Waals surface area contributed by atoms with E-state index in [4.69, 9.17) is 0 Å². The fourth-order valence-corrected chi connectivity index (χ4v) is 3.39. The van der Waals surface area contributed by atoms with E-state index in [1.807, 2.05) is 66.7 Å². The van der Waals surface area contributed by atoms with Crippen molar-refractivity contribution in [2.75, 3.05) is 43.4 Å². The number of urea groups is 1. The van der Waals surface area contributed by atoms with Gasteiger partial charge in [-0.05, 0) is 36.9 Å². The summed E-state index contributed by atoms with van der Waals surface area (Å²) in [6.45, 7) is 4.46. The van der Waals surface area contributed by atoms with Gasteiger partial charge >= 0.3 is 6.03 Å². The van der Waals surface area contributed by atoms with Gasteiger partial charge in [0.1, 0.15) is 0 Å². The fraction of sp³-hybridized carbons (Fsp3) is 0.261. The van der Waals surface area contributed by atoms with Crippen LogP contribution in [0.25, 0.3) is 11.3 Å². The molecule has 0 aliphatic carbocycles. The predicted molar refractivity (Wildman–Crippen MR) is 119 cm³/mol. The number of piperazine rings is 1. The van der Waals surface area contributed by atoms with Crippen LogP contribution in [0, 0.1) is 0 Å². The first-order valence-electron chi connectivity index (χ1n) is 10.1. The van der Waals surface area contributed by atoms with Crippen molar-refractivity contribution in [2.45, 2.75) is 6.54 Å². The average Bonchev–Trinajstić information content (AvgIpc) is 2.79. The highest BCUT2D eigenvalue weighted by atomic mass is 16.2. The molecule has 3 aromatic rings. The number of carbonyl (C=O) groups is 1. The van der Waals surface area contributed by atoms with Gasteiger partial charge in [-0.25, -0.2) is 4.79 Å². The van der Waals surface area contributed by atoms with E-state index in [2.05, 4.69) is 37.7 Å². The molecule has 4 rings (SSSR count). The zero-order valence-electron chi connectivity index (χ0n) is 17.1. The van der Waals surface area contributed by atoms with Gasteiger partial charge < -0.3 is 20.4 Å². The second-order valence-electron chi connectivity index (χ2n) is 7.44. The molecule has 7 nitrogen and oxygen atoms in total. The first-order valence-corrected chi connectivity index (χ1v) is 10.1. The van der Waals surface area contributed by atoms with Crippen LogP contribution in [0.1, 0.15) is 5.56 Å². The third kappa shape index (κ3) is 5.12. The molecule has 0 spiro atoms. The molecule has 1 saturated heterocycles. The minimum Gasteiger partial charge on any atom is -0.353 e. The van der Waals surface area contributed by atoms with Gasteiger partial charge in [-0.15, -0.1) is 10.2 Å². The maximum Gasteiger partial charge on any atom is 0.319 e. The van der Waals surface area contributed by atoms with Crippen molar-refractivity contribution in [1.29, 1.82) is 0 Å². The van der Waals surface area contributed by atoms with E-state index in [-0.39, 0.29) is 6.03 Å². The number of hydrogen-bond acceptors (Lipinski definition) is 5. The summed E-state index contributed by atoms with van der Waals surface area (Å²) in [5.74, 6) is 0.904. The van der Waals surface area contributed by atoms with Crippen LogP contribution >= 0.6 is 0 Å². The third-order valence-corrected chi connectivity index (χ3v) is 5.19. The van der Waals surface area contributed by atoms with Crippen molar-refractivity contribution in [3.63, 3.8) is 0 Å². The topological polar surface area (TPSA) is 73.4 Å². The lowest BCUT2D eigenvalue weighted by molar-refractivity contribution is 0.251. The van der Waals surface area contributed by atoms with Gasteiger partial charge in [0.05, 0.1) is 5.69 Å². The van der Waals surface area contributed by atoms with Crippen LogP contribution in [-0.4, -0.2) is 54.4 Å². The van der Waals surface area contributed by atoms with Crippen LogP contribution < -0.4 is 15.5 Å². The monoisotopic (exact) mass is 402 g/mol. The van der Waals surface area contributed by atoms with Gasteiger partial charge in [-0.3, -0.25) is 0 Å². The van der Waals surface area contributed by atoms with Crippen molar-refractivity contribution in [3.8, 4) is 11.3 Å². The van der Waals surface area contributed by atoms with Gasteiger partial charge in [0.25, 0.3) is 0 Å². The lowest BCUT2D eigenvalue weighted by atomic mass is 10.1. The molecule has 7 heteroatoms. The Morgan fingerprint density at radius 3 is 2.47 bits per heavy atom. The molecule has 0 radical (unpaired) electrons. The van der Waals surface area contributed by atoms with Gasteiger partial charge in [-0.1, -0.05) is 42.5 Å². The zero-order valence-corrected chi connectivity index (χ0v) is 17.1. The van der Waals surface area contributed by atoms with Crippen molar-refractivity contribution < 1.29 is 4.79 Å². The number of hydrogen-bond donors (Lipinski definition) is 2. The molecule has 1 aromatic heterocycles. The summed E-state index contributed by atoms with van der Waals surface area (Å²) in [5.41, 5.74) is 3.45. The number of nitrogens with one attached hydrogen (secondary N) is 2. The van der Waals surface area contributed by atoms with Crippen LogP contribution in [-0.2, 0) is 6.54 Å². The van der Waals surface area contributed by atoms with Crippen LogP contribution in [0.2, 0.25) is 0 Å². The van der Waals surface area contributed by atoms with Crippen LogP contribution in [0.5, 0.6) is 0 Å². The zero-order chi connectivity index (χ0) is 20.8. The van der Waals surface area contributed by atoms with Crippen molar-refractivity contribution in [2.24, 2.45) is 0 Å². The normalized spacial score (nSPS) is 14.4. The van der Waals surface area contributed by atoms with E-state index < -0.39 is 0 Å². The number of benzene rings is 2. The van der Waals surface area contributed by atoms with E-state index in [0.29, 0.717) is 12.2 Å². The van der Waals surface area contributed by atoms with Gasteiger partial charge in [0.2, 0.25) is 0 Å². The Hall–Kier alpha value is -3.45. The fourth-order valence-electron chi connectivity index (χ4n) is 3.39. The molecule has 1 aliphatic heterocycles. The summed E-state index contributed by atoms with van der Waals surface area (Å²) in [6.07, 6.45) is 0. The molecule has 1 aliphatic rings. The maximum atomic E-state index is 12.2. The van der Waals surface area contributed by atoms with Crippen LogP contribution in [0.15, 0.2) is 66.7 Å². The summed E-state index contributed by atoms with van der Waals surface area (Å²) < 4.78 is 0. The van der Waals surface area contributed by atoms with Gasteiger partial charge in [0, 0.05) is 44.0 Å². The number of carbonyl (C=O) groups excluding carboxylic acids is 1. The number of nitrogens with zero attached hydrogens (tertiary/aromatic N) is 4. The lowest BCUT2D eigenvalue weighted by Crippen LogP contribution is -2.44. The summed E-state index contributed by atoms with van der Waals surface area (Å²) in [6, 6.07) is 21.2. The molecule has 1 fully saturated rings. The Labute approximate surface area is 176 Å². The number of amides is 2. The van der Waals surface area contributed by atoms with E-state index >= 15 is 0 Å². The molecule has 0 saturated carbocycles. The lowest BCUT2D eigenvalue weighted by Gasteiger charge is -2.32. The highest BCUT2D eigenvalue weighted by molar-refractivity contribution is 5.90. The van der Waals surface area contributed by atoms with Crippen molar-refractivity contribution in [3.05, 3.63) is 72.3 Å². The number of anilines is 2. The molecule has 0 unspecified atom stereocenters. The van der Waals surface area contributed by atoms with Crippen molar-refractivity contribution in [1.82, 2.24) is 20.4 Å². The smallest absolute Gasteiger partial charge is 0.319 e. The Balaban J connectivity index is 1.37. The highest BCUT2D eigenvalue weighted by Gasteiger charge is 2.15. The minimum atomic E-state index is -0.243. The van der Waals surface area contributed by atoms with Gasteiger partial charge in [-0.2, -0.15) is 0 Å². The molecule has 2 N–H and O–H groups in total. The Morgan fingerprint density at radius 2 is 1.73 bits per heavy atom. The molecular weight excluding hydrogens is 376 g/mol. The molecule has 2 aromatic carbocycles. The Bertz CT molecular complexity index is 968. The minimum absolute atomic E-state index is 0.243. The second-order valence-corrected chi connectivity index (χ2v) is 7.44. The SMILES string of the molecule is CN1CCN(c2ccc(-c3cccc(NC(=O)NCc4ccccc4)c3)nn2)CC1. The maximum absolute atomic E-state index is 12.2. The second kappa shape index (κ2) is 9.37.